The van der Waals surface area contributed by atoms with E-state index in [4.69, 9.17) is 0 Å². The van der Waals surface area contributed by atoms with Gasteiger partial charge in [0.15, 0.2) is 0 Å². The van der Waals surface area contributed by atoms with Gasteiger partial charge in [-0.25, -0.2) is 0 Å². The molecule has 1 aromatic carbocycles. The van der Waals surface area contributed by atoms with E-state index in [1.165, 1.54) is 56.4 Å². The highest BCUT2D eigenvalue weighted by Crippen LogP contribution is 2.21. The number of rotatable bonds is 4. The third-order valence-electron chi connectivity index (χ3n) is 4.96. The molecule has 116 valence electrons. The highest BCUT2D eigenvalue weighted by molar-refractivity contribution is 5.47. The second kappa shape index (κ2) is 7.28. The molecule has 3 nitrogen and oxygen atoms in total. The second-order valence-electron chi connectivity index (χ2n) is 6.55. The molecule has 1 aliphatic carbocycles. The van der Waals surface area contributed by atoms with Crippen molar-refractivity contribution < 1.29 is 5.11 Å². The van der Waals surface area contributed by atoms with E-state index in [0.29, 0.717) is 0 Å². The van der Waals surface area contributed by atoms with Gasteiger partial charge < -0.3 is 15.3 Å². The zero-order valence-corrected chi connectivity index (χ0v) is 12.9. The second-order valence-corrected chi connectivity index (χ2v) is 6.55. The van der Waals surface area contributed by atoms with Crippen LogP contribution in [-0.4, -0.2) is 30.3 Å². The highest BCUT2D eigenvalue weighted by atomic mass is 16.3. The number of piperidine rings is 1. The molecule has 1 saturated heterocycles. The molecule has 2 unspecified atom stereocenters. The van der Waals surface area contributed by atoms with E-state index in [-0.39, 0.29) is 12.1 Å². The fourth-order valence-corrected chi connectivity index (χ4v) is 3.58. The van der Waals surface area contributed by atoms with E-state index in [2.05, 4.69) is 34.5 Å². The van der Waals surface area contributed by atoms with Crippen molar-refractivity contribution in [3.63, 3.8) is 0 Å². The Morgan fingerprint density at radius 3 is 2.38 bits per heavy atom. The molecule has 0 radical (unpaired) electrons. The maximum atomic E-state index is 9.99. The molecule has 1 heterocycles. The van der Waals surface area contributed by atoms with Gasteiger partial charge in [0.1, 0.15) is 0 Å². The first kappa shape index (κ1) is 14.9. The van der Waals surface area contributed by atoms with Crippen molar-refractivity contribution in [2.45, 2.75) is 63.6 Å². The Morgan fingerprint density at radius 2 is 1.67 bits per heavy atom. The first-order valence-electron chi connectivity index (χ1n) is 8.58. The number of nitrogens with zero attached hydrogens (tertiary/aromatic N) is 1. The molecule has 2 atom stereocenters. The lowest BCUT2D eigenvalue weighted by Crippen LogP contribution is -2.41. The molecule has 0 amide bonds. The van der Waals surface area contributed by atoms with Crippen molar-refractivity contribution in [2.24, 2.45) is 0 Å². The van der Waals surface area contributed by atoms with Crippen LogP contribution in [0.15, 0.2) is 24.3 Å². The van der Waals surface area contributed by atoms with Crippen molar-refractivity contribution in [2.75, 3.05) is 18.0 Å². The molecule has 21 heavy (non-hydrogen) atoms. The van der Waals surface area contributed by atoms with Crippen LogP contribution in [0.5, 0.6) is 0 Å². The van der Waals surface area contributed by atoms with Crippen LogP contribution in [-0.2, 0) is 6.54 Å². The lowest BCUT2D eigenvalue weighted by molar-refractivity contribution is 0.0902. The summed E-state index contributed by atoms with van der Waals surface area (Å²) in [5, 5.41) is 13.5. The van der Waals surface area contributed by atoms with Gasteiger partial charge in [0, 0.05) is 31.4 Å². The molecule has 1 saturated carbocycles. The highest BCUT2D eigenvalue weighted by Gasteiger charge is 2.22. The summed E-state index contributed by atoms with van der Waals surface area (Å²) in [6, 6.07) is 9.23. The van der Waals surface area contributed by atoms with E-state index in [1.807, 2.05) is 0 Å². The van der Waals surface area contributed by atoms with Crippen LogP contribution in [0.1, 0.15) is 50.5 Å². The summed E-state index contributed by atoms with van der Waals surface area (Å²) < 4.78 is 0. The first-order chi connectivity index (χ1) is 10.3. The molecular formula is C18H28N2O. The normalized spacial score (nSPS) is 26.8. The van der Waals surface area contributed by atoms with Gasteiger partial charge in [-0.2, -0.15) is 0 Å². The topological polar surface area (TPSA) is 35.5 Å². The Hall–Kier alpha value is -1.06. The van der Waals surface area contributed by atoms with Crippen LogP contribution < -0.4 is 10.2 Å². The Kier molecular flexibility index (Phi) is 5.15. The minimum Gasteiger partial charge on any atom is -0.392 e. The quantitative estimate of drug-likeness (QED) is 0.894. The number of nitrogens with one attached hydrogen (secondary N) is 1. The van der Waals surface area contributed by atoms with Crippen LogP contribution in [0.2, 0.25) is 0 Å². The predicted molar refractivity (Wildman–Crippen MR) is 87.6 cm³/mol. The van der Waals surface area contributed by atoms with E-state index < -0.39 is 0 Å². The lowest BCUT2D eigenvalue weighted by atomic mass is 9.92. The van der Waals surface area contributed by atoms with Crippen LogP contribution in [0, 0.1) is 0 Å². The summed E-state index contributed by atoms with van der Waals surface area (Å²) in [7, 11) is 0. The number of hydrogen-bond donors (Lipinski definition) is 2. The van der Waals surface area contributed by atoms with Crippen molar-refractivity contribution in [1.82, 2.24) is 5.32 Å². The summed E-state index contributed by atoms with van der Waals surface area (Å²) in [5.41, 5.74) is 2.67. The molecule has 2 N–H and O–H groups in total. The predicted octanol–water partition coefficient (Wildman–Crippen LogP) is 3.07. The Bertz CT molecular complexity index is 425. The smallest absolute Gasteiger partial charge is 0.0693 e. The van der Waals surface area contributed by atoms with E-state index in [0.717, 1.165) is 19.4 Å². The third kappa shape index (κ3) is 3.98. The third-order valence-corrected chi connectivity index (χ3v) is 4.96. The van der Waals surface area contributed by atoms with Crippen molar-refractivity contribution in [3.8, 4) is 0 Å². The monoisotopic (exact) mass is 288 g/mol. The van der Waals surface area contributed by atoms with Crippen LogP contribution in [0.3, 0.4) is 0 Å². The molecule has 3 rings (SSSR count). The van der Waals surface area contributed by atoms with E-state index in [9.17, 15) is 5.11 Å². The molecule has 3 heteroatoms. The van der Waals surface area contributed by atoms with Gasteiger partial charge in [0.2, 0.25) is 0 Å². The summed E-state index contributed by atoms with van der Waals surface area (Å²) in [6.45, 7) is 3.26. The van der Waals surface area contributed by atoms with Crippen molar-refractivity contribution in [3.05, 3.63) is 29.8 Å². The fraction of sp³-hybridized carbons (Fsp3) is 0.667. The first-order valence-corrected chi connectivity index (χ1v) is 8.58. The minimum atomic E-state index is -0.161. The standard InChI is InChI=1S/C18H28N2O/c21-18-7-3-2-6-17(18)19-14-15-8-10-16(11-9-15)20-12-4-1-5-13-20/h8-11,17-19,21H,1-7,12-14H2. The summed E-state index contributed by atoms with van der Waals surface area (Å²) in [4.78, 5) is 2.49. The minimum absolute atomic E-state index is 0.161. The molecule has 0 bridgehead atoms. The summed E-state index contributed by atoms with van der Waals surface area (Å²) in [6.07, 6.45) is 8.32. The van der Waals surface area contributed by atoms with Gasteiger partial charge in [-0.1, -0.05) is 25.0 Å². The Labute approximate surface area is 128 Å². The average Bonchev–Trinajstić information content (AvgIpc) is 2.55. The Balaban J connectivity index is 1.52. The van der Waals surface area contributed by atoms with Gasteiger partial charge in [0.25, 0.3) is 0 Å². The van der Waals surface area contributed by atoms with Gasteiger partial charge in [0.05, 0.1) is 6.10 Å². The molecule has 0 aromatic heterocycles. The van der Waals surface area contributed by atoms with Gasteiger partial charge in [-0.05, 0) is 49.8 Å². The number of aliphatic hydroxyl groups is 1. The van der Waals surface area contributed by atoms with Crippen molar-refractivity contribution in [1.29, 1.82) is 0 Å². The summed E-state index contributed by atoms with van der Waals surface area (Å²) >= 11 is 0. The largest absolute Gasteiger partial charge is 0.392 e. The summed E-state index contributed by atoms with van der Waals surface area (Å²) in [5.74, 6) is 0. The number of aliphatic hydroxyl groups excluding tert-OH is 1. The molecule has 1 aromatic rings. The average molecular weight is 288 g/mol. The van der Waals surface area contributed by atoms with Crippen LogP contribution in [0.25, 0.3) is 0 Å². The number of hydrogen-bond acceptors (Lipinski definition) is 3. The number of benzene rings is 1. The lowest BCUT2D eigenvalue weighted by Gasteiger charge is -2.29. The Morgan fingerprint density at radius 1 is 0.952 bits per heavy atom. The zero-order chi connectivity index (χ0) is 14.5. The van der Waals surface area contributed by atoms with Gasteiger partial charge >= 0.3 is 0 Å². The molecule has 2 aliphatic rings. The van der Waals surface area contributed by atoms with E-state index in [1.54, 1.807) is 0 Å². The van der Waals surface area contributed by atoms with Crippen LogP contribution in [0.4, 0.5) is 5.69 Å². The SMILES string of the molecule is OC1CCCCC1NCc1ccc(N2CCCCC2)cc1. The number of anilines is 1. The molecular weight excluding hydrogens is 260 g/mol. The molecule has 2 fully saturated rings. The van der Waals surface area contributed by atoms with Crippen LogP contribution >= 0.6 is 0 Å². The van der Waals surface area contributed by atoms with Gasteiger partial charge in [-0.3, -0.25) is 0 Å². The molecule has 0 spiro atoms. The zero-order valence-electron chi connectivity index (χ0n) is 12.9. The van der Waals surface area contributed by atoms with Crippen molar-refractivity contribution >= 4 is 5.69 Å². The van der Waals surface area contributed by atoms with E-state index >= 15 is 0 Å². The maximum Gasteiger partial charge on any atom is 0.0693 e. The maximum absolute atomic E-state index is 9.99. The molecule has 1 aliphatic heterocycles. The fourth-order valence-electron chi connectivity index (χ4n) is 3.58. The van der Waals surface area contributed by atoms with Gasteiger partial charge in [-0.15, -0.1) is 0 Å².